The number of anilines is 1. The summed E-state index contributed by atoms with van der Waals surface area (Å²) in [5.74, 6) is 1.41. The van der Waals surface area contributed by atoms with Gasteiger partial charge in [0.05, 0.1) is 5.02 Å². The largest absolute Gasteiger partial charge is 0.383 e. The van der Waals surface area contributed by atoms with Crippen LogP contribution in [-0.4, -0.2) is 9.55 Å². The van der Waals surface area contributed by atoms with Crippen molar-refractivity contribution in [3.8, 4) is 11.3 Å². The van der Waals surface area contributed by atoms with Crippen molar-refractivity contribution in [1.82, 2.24) is 9.55 Å². The molecular formula is C16H21ClFN3. The molecule has 0 fully saturated rings. The van der Waals surface area contributed by atoms with E-state index in [0.29, 0.717) is 11.5 Å². The normalized spacial score (nSPS) is 11.3. The number of benzene rings is 1. The molecule has 0 atom stereocenters. The van der Waals surface area contributed by atoms with Crippen molar-refractivity contribution in [2.24, 2.45) is 0 Å². The SMILES string of the molecule is CCCCn1c(C(C)C)nc(-c2ccc(F)c(Cl)c2)c1N. The van der Waals surface area contributed by atoms with Crippen molar-refractivity contribution >= 4 is 17.4 Å². The fourth-order valence-corrected chi connectivity index (χ4v) is 2.51. The minimum atomic E-state index is -0.437. The molecule has 2 N–H and O–H groups in total. The topological polar surface area (TPSA) is 43.8 Å². The first kappa shape index (κ1) is 15.8. The molecule has 0 bridgehead atoms. The Morgan fingerprint density at radius 2 is 2.10 bits per heavy atom. The molecule has 2 aromatic rings. The van der Waals surface area contributed by atoms with Gasteiger partial charge in [-0.3, -0.25) is 0 Å². The van der Waals surface area contributed by atoms with Gasteiger partial charge in [-0.1, -0.05) is 38.8 Å². The van der Waals surface area contributed by atoms with Crippen LogP contribution in [0.25, 0.3) is 11.3 Å². The summed E-state index contributed by atoms with van der Waals surface area (Å²) in [4.78, 5) is 4.66. The van der Waals surface area contributed by atoms with E-state index in [1.807, 2.05) is 0 Å². The highest BCUT2D eigenvalue weighted by atomic mass is 35.5. The van der Waals surface area contributed by atoms with Gasteiger partial charge in [0, 0.05) is 18.0 Å². The average Bonchev–Trinajstić information content (AvgIpc) is 2.77. The van der Waals surface area contributed by atoms with Crippen LogP contribution in [0.15, 0.2) is 18.2 Å². The molecule has 1 heterocycles. The van der Waals surface area contributed by atoms with Crippen LogP contribution in [0, 0.1) is 5.82 Å². The predicted molar refractivity (Wildman–Crippen MR) is 86.0 cm³/mol. The number of imidazole rings is 1. The van der Waals surface area contributed by atoms with Crippen LogP contribution >= 0.6 is 11.6 Å². The van der Waals surface area contributed by atoms with Crippen LogP contribution in [0.1, 0.15) is 45.4 Å². The molecule has 0 saturated carbocycles. The number of nitrogens with two attached hydrogens (primary N) is 1. The van der Waals surface area contributed by atoms with E-state index in [0.717, 1.165) is 30.8 Å². The van der Waals surface area contributed by atoms with Gasteiger partial charge in [0.25, 0.3) is 0 Å². The first-order valence-electron chi connectivity index (χ1n) is 7.27. The Bertz CT molecular complexity index is 635. The van der Waals surface area contributed by atoms with E-state index in [9.17, 15) is 4.39 Å². The van der Waals surface area contributed by atoms with Gasteiger partial charge in [-0.15, -0.1) is 0 Å². The maximum atomic E-state index is 13.3. The maximum Gasteiger partial charge on any atom is 0.141 e. The van der Waals surface area contributed by atoms with E-state index in [4.69, 9.17) is 17.3 Å². The lowest BCUT2D eigenvalue weighted by atomic mass is 10.1. The zero-order valence-corrected chi connectivity index (χ0v) is 13.4. The zero-order chi connectivity index (χ0) is 15.6. The molecular weight excluding hydrogens is 289 g/mol. The van der Waals surface area contributed by atoms with E-state index < -0.39 is 5.82 Å². The molecule has 0 amide bonds. The minimum absolute atomic E-state index is 0.0844. The molecule has 0 aliphatic heterocycles. The molecule has 114 valence electrons. The molecule has 0 aliphatic carbocycles. The highest BCUT2D eigenvalue weighted by Crippen LogP contribution is 2.31. The van der Waals surface area contributed by atoms with Gasteiger partial charge >= 0.3 is 0 Å². The monoisotopic (exact) mass is 309 g/mol. The second-order valence-corrected chi connectivity index (χ2v) is 5.90. The number of hydrogen-bond acceptors (Lipinski definition) is 2. The smallest absolute Gasteiger partial charge is 0.141 e. The van der Waals surface area contributed by atoms with Gasteiger partial charge < -0.3 is 10.3 Å². The molecule has 21 heavy (non-hydrogen) atoms. The number of nitrogen functional groups attached to an aromatic ring is 1. The molecule has 1 aromatic heterocycles. The Kier molecular flexibility index (Phi) is 4.88. The van der Waals surface area contributed by atoms with Gasteiger partial charge in [0.15, 0.2) is 0 Å². The molecule has 2 rings (SSSR count). The lowest BCUT2D eigenvalue weighted by molar-refractivity contribution is 0.588. The number of halogens is 2. The number of rotatable bonds is 5. The Morgan fingerprint density at radius 1 is 1.38 bits per heavy atom. The number of nitrogens with zero attached hydrogens (tertiary/aromatic N) is 2. The predicted octanol–water partition coefficient (Wildman–Crippen LogP) is 4.85. The first-order valence-corrected chi connectivity index (χ1v) is 7.64. The number of unbranched alkanes of at least 4 members (excludes halogenated alkanes) is 1. The minimum Gasteiger partial charge on any atom is -0.383 e. The summed E-state index contributed by atoms with van der Waals surface area (Å²) in [7, 11) is 0. The second kappa shape index (κ2) is 6.48. The van der Waals surface area contributed by atoms with Crippen molar-refractivity contribution in [3.63, 3.8) is 0 Å². The summed E-state index contributed by atoms with van der Waals surface area (Å²) in [6.07, 6.45) is 2.14. The van der Waals surface area contributed by atoms with E-state index in [2.05, 4.69) is 30.3 Å². The standard InChI is InChI=1S/C16H21ClFN3/c1-4-5-8-21-15(19)14(20-16(21)10(2)3)11-6-7-13(18)12(17)9-11/h6-7,9-10H,4-5,8,19H2,1-3H3. The van der Waals surface area contributed by atoms with Crippen molar-refractivity contribution in [2.75, 3.05) is 5.73 Å². The molecule has 0 aliphatic rings. The quantitative estimate of drug-likeness (QED) is 0.858. The maximum absolute atomic E-state index is 13.3. The molecule has 0 radical (unpaired) electrons. The third-order valence-electron chi connectivity index (χ3n) is 3.48. The third-order valence-corrected chi connectivity index (χ3v) is 3.77. The molecule has 5 heteroatoms. The Morgan fingerprint density at radius 3 is 2.67 bits per heavy atom. The van der Waals surface area contributed by atoms with Crippen molar-refractivity contribution in [2.45, 2.75) is 46.1 Å². The van der Waals surface area contributed by atoms with Gasteiger partial charge in [-0.25, -0.2) is 9.37 Å². The molecule has 0 saturated heterocycles. The summed E-state index contributed by atoms with van der Waals surface area (Å²) < 4.78 is 15.4. The van der Waals surface area contributed by atoms with E-state index in [-0.39, 0.29) is 10.9 Å². The van der Waals surface area contributed by atoms with Crippen LogP contribution in [0.5, 0.6) is 0 Å². The Balaban J connectivity index is 2.51. The van der Waals surface area contributed by atoms with Crippen molar-refractivity contribution < 1.29 is 4.39 Å². The Hall–Kier alpha value is -1.55. The fraction of sp³-hybridized carbons (Fsp3) is 0.438. The van der Waals surface area contributed by atoms with Crippen LogP contribution in [0.3, 0.4) is 0 Å². The Labute approximate surface area is 129 Å². The summed E-state index contributed by atoms with van der Waals surface area (Å²) >= 11 is 5.86. The summed E-state index contributed by atoms with van der Waals surface area (Å²) in [6.45, 7) is 7.16. The van der Waals surface area contributed by atoms with E-state index in [1.165, 1.54) is 6.07 Å². The van der Waals surface area contributed by atoms with Gasteiger partial charge in [-0.05, 0) is 24.6 Å². The van der Waals surface area contributed by atoms with Gasteiger partial charge in [-0.2, -0.15) is 0 Å². The molecule has 3 nitrogen and oxygen atoms in total. The van der Waals surface area contributed by atoms with Crippen molar-refractivity contribution in [1.29, 1.82) is 0 Å². The van der Waals surface area contributed by atoms with Gasteiger partial charge in [0.2, 0.25) is 0 Å². The summed E-state index contributed by atoms with van der Waals surface area (Å²) in [5.41, 5.74) is 7.69. The second-order valence-electron chi connectivity index (χ2n) is 5.49. The van der Waals surface area contributed by atoms with Gasteiger partial charge in [0.1, 0.15) is 23.2 Å². The van der Waals surface area contributed by atoms with Crippen LogP contribution in [-0.2, 0) is 6.54 Å². The molecule has 0 unspecified atom stereocenters. The van der Waals surface area contributed by atoms with Crippen LogP contribution in [0.2, 0.25) is 5.02 Å². The molecule has 1 aromatic carbocycles. The van der Waals surface area contributed by atoms with Crippen LogP contribution in [0.4, 0.5) is 10.2 Å². The fourth-order valence-electron chi connectivity index (χ4n) is 2.33. The average molecular weight is 310 g/mol. The van der Waals surface area contributed by atoms with E-state index in [1.54, 1.807) is 12.1 Å². The van der Waals surface area contributed by atoms with E-state index >= 15 is 0 Å². The lowest BCUT2D eigenvalue weighted by Crippen LogP contribution is -2.08. The first-order chi connectivity index (χ1) is 9.95. The summed E-state index contributed by atoms with van der Waals surface area (Å²) in [5, 5.41) is 0.0844. The number of hydrogen-bond donors (Lipinski definition) is 1. The highest BCUT2D eigenvalue weighted by Gasteiger charge is 2.18. The lowest BCUT2D eigenvalue weighted by Gasteiger charge is -2.11. The third kappa shape index (κ3) is 3.21. The molecule has 0 spiro atoms. The summed E-state index contributed by atoms with van der Waals surface area (Å²) in [6, 6.07) is 4.58. The zero-order valence-electron chi connectivity index (χ0n) is 12.7. The van der Waals surface area contributed by atoms with Crippen molar-refractivity contribution in [3.05, 3.63) is 34.9 Å². The van der Waals surface area contributed by atoms with Crippen LogP contribution < -0.4 is 5.73 Å². The highest BCUT2D eigenvalue weighted by molar-refractivity contribution is 6.31. The number of aromatic nitrogens is 2.